The van der Waals surface area contributed by atoms with Gasteiger partial charge in [0.05, 0.1) is 0 Å². The topological polar surface area (TPSA) is 46.1 Å². The monoisotopic (exact) mass is 419 g/mol. The smallest absolute Gasteiger partial charge is 0.260 e. The molecular weight excluding hydrogens is 390 g/mol. The summed E-state index contributed by atoms with van der Waals surface area (Å²) in [7, 11) is 0. The maximum absolute atomic E-state index is 13.6. The molecule has 5 heteroatoms. The van der Waals surface area contributed by atoms with Gasteiger partial charge in [-0.25, -0.2) is 0 Å². The summed E-state index contributed by atoms with van der Waals surface area (Å²) in [4.78, 5) is 15.5. The van der Waals surface area contributed by atoms with E-state index >= 15 is 0 Å². The Kier molecular flexibility index (Phi) is 5.74. The first-order chi connectivity index (χ1) is 14.3. The summed E-state index contributed by atoms with van der Waals surface area (Å²) < 4.78 is 0. The summed E-state index contributed by atoms with van der Waals surface area (Å²) >= 11 is 1.51. The highest BCUT2D eigenvalue weighted by Gasteiger charge is 2.31. The van der Waals surface area contributed by atoms with Crippen LogP contribution in [-0.2, 0) is 5.41 Å². The van der Waals surface area contributed by atoms with Crippen LogP contribution in [0.1, 0.15) is 67.9 Å². The number of carbonyl (C=O) groups is 1. The van der Waals surface area contributed by atoms with Gasteiger partial charge < -0.3 is 0 Å². The zero-order valence-corrected chi connectivity index (χ0v) is 19.0. The standard InChI is InChI=1S/C25H29N3OS/c1-17-9-5-8-12-21(17)22-26-27-24(30-22)28(20-10-6-7-11-20)23(29)18-13-15-19(16-14-18)25(2,3)4/h5,8-9,12-16,20H,6-7,10-11H2,1-4H3. The summed E-state index contributed by atoms with van der Waals surface area (Å²) in [6.45, 7) is 8.63. The predicted octanol–water partition coefficient (Wildman–Crippen LogP) is 6.40. The van der Waals surface area contributed by atoms with E-state index in [2.05, 4.69) is 62.2 Å². The Morgan fingerprint density at radius 1 is 1.00 bits per heavy atom. The Labute approximate surface area is 183 Å². The Morgan fingerprint density at radius 2 is 1.67 bits per heavy atom. The van der Waals surface area contributed by atoms with Crippen molar-refractivity contribution in [3.8, 4) is 10.6 Å². The van der Waals surface area contributed by atoms with E-state index in [1.165, 1.54) is 16.9 Å². The van der Waals surface area contributed by atoms with Crippen molar-refractivity contribution in [3.63, 3.8) is 0 Å². The molecule has 0 unspecified atom stereocenters. The largest absolute Gasteiger partial charge is 0.279 e. The molecule has 0 N–H and O–H groups in total. The van der Waals surface area contributed by atoms with E-state index in [0.29, 0.717) is 10.7 Å². The Bertz CT molecular complexity index is 1030. The molecule has 0 spiro atoms. The molecule has 4 rings (SSSR count). The van der Waals surface area contributed by atoms with Crippen LogP contribution in [0.15, 0.2) is 48.5 Å². The number of benzene rings is 2. The van der Waals surface area contributed by atoms with Crippen LogP contribution in [0.5, 0.6) is 0 Å². The van der Waals surface area contributed by atoms with Crippen molar-refractivity contribution in [1.29, 1.82) is 0 Å². The molecule has 0 bridgehead atoms. The van der Waals surface area contributed by atoms with Crippen LogP contribution in [0.25, 0.3) is 10.6 Å². The second-order valence-corrected chi connectivity index (χ2v) is 10.1. The van der Waals surface area contributed by atoms with Crippen molar-refractivity contribution in [2.45, 2.75) is 64.8 Å². The van der Waals surface area contributed by atoms with Crippen LogP contribution in [0.4, 0.5) is 5.13 Å². The van der Waals surface area contributed by atoms with Crippen LogP contribution in [-0.4, -0.2) is 22.1 Å². The molecule has 2 aromatic carbocycles. The summed E-state index contributed by atoms with van der Waals surface area (Å²) in [6, 6.07) is 16.4. The summed E-state index contributed by atoms with van der Waals surface area (Å²) in [6.07, 6.45) is 4.35. The van der Waals surface area contributed by atoms with E-state index in [0.717, 1.165) is 41.8 Å². The van der Waals surface area contributed by atoms with Crippen molar-refractivity contribution < 1.29 is 4.79 Å². The van der Waals surface area contributed by atoms with Crippen molar-refractivity contribution in [2.75, 3.05) is 4.90 Å². The van der Waals surface area contributed by atoms with Gasteiger partial charge in [0, 0.05) is 17.2 Å². The molecule has 30 heavy (non-hydrogen) atoms. The second-order valence-electron chi connectivity index (χ2n) is 9.15. The lowest BCUT2D eigenvalue weighted by atomic mass is 9.86. The molecule has 1 fully saturated rings. The molecule has 3 aromatic rings. The lowest BCUT2D eigenvalue weighted by Gasteiger charge is -2.26. The highest BCUT2D eigenvalue weighted by molar-refractivity contribution is 7.18. The number of aryl methyl sites for hydroxylation is 1. The second kappa shape index (κ2) is 8.31. The van der Waals surface area contributed by atoms with Crippen LogP contribution in [0.3, 0.4) is 0 Å². The maximum atomic E-state index is 13.6. The van der Waals surface area contributed by atoms with Crippen LogP contribution in [0.2, 0.25) is 0 Å². The average molecular weight is 420 g/mol. The molecule has 0 atom stereocenters. The Morgan fingerprint density at radius 3 is 2.30 bits per heavy atom. The van der Waals surface area contributed by atoms with Crippen molar-refractivity contribution in [2.24, 2.45) is 0 Å². The molecule has 1 amide bonds. The lowest BCUT2D eigenvalue weighted by molar-refractivity contribution is 0.0976. The number of hydrogen-bond acceptors (Lipinski definition) is 4. The van der Waals surface area contributed by atoms with Gasteiger partial charge in [-0.05, 0) is 48.4 Å². The first-order valence-corrected chi connectivity index (χ1v) is 11.5. The van der Waals surface area contributed by atoms with E-state index in [1.807, 2.05) is 29.2 Å². The zero-order valence-electron chi connectivity index (χ0n) is 18.2. The molecular formula is C25H29N3OS. The van der Waals surface area contributed by atoms with E-state index in [4.69, 9.17) is 0 Å². The van der Waals surface area contributed by atoms with E-state index < -0.39 is 0 Å². The van der Waals surface area contributed by atoms with E-state index in [9.17, 15) is 4.79 Å². The molecule has 1 aromatic heterocycles. The SMILES string of the molecule is Cc1ccccc1-c1nnc(N(C(=O)c2ccc(C(C)(C)C)cc2)C2CCCC2)s1. The fourth-order valence-corrected chi connectivity index (χ4v) is 5.06. The molecule has 1 heterocycles. The molecule has 0 aliphatic heterocycles. The maximum Gasteiger partial charge on any atom is 0.260 e. The third-order valence-electron chi connectivity index (χ3n) is 5.90. The quantitative estimate of drug-likeness (QED) is 0.491. The fourth-order valence-electron chi connectivity index (χ4n) is 4.06. The molecule has 1 aliphatic carbocycles. The molecule has 4 nitrogen and oxygen atoms in total. The number of aromatic nitrogens is 2. The van der Waals surface area contributed by atoms with Gasteiger partial charge in [-0.1, -0.05) is 81.3 Å². The van der Waals surface area contributed by atoms with E-state index in [1.54, 1.807) is 0 Å². The lowest BCUT2D eigenvalue weighted by Crippen LogP contribution is -2.39. The van der Waals surface area contributed by atoms with Crippen LogP contribution < -0.4 is 4.90 Å². The third kappa shape index (κ3) is 4.17. The minimum atomic E-state index is 0.0230. The minimum absolute atomic E-state index is 0.0230. The first-order valence-electron chi connectivity index (χ1n) is 10.7. The van der Waals surface area contributed by atoms with Gasteiger partial charge in [0.25, 0.3) is 5.91 Å². The van der Waals surface area contributed by atoms with Crippen molar-refractivity contribution in [3.05, 3.63) is 65.2 Å². The van der Waals surface area contributed by atoms with Crippen LogP contribution >= 0.6 is 11.3 Å². The Hall–Kier alpha value is -2.53. The third-order valence-corrected chi connectivity index (χ3v) is 6.86. The number of rotatable bonds is 4. The number of hydrogen-bond donors (Lipinski definition) is 0. The highest BCUT2D eigenvalue weighted by Crippen LogP contribution is 2.35. The van der Waals surface area contributed by atoms with Crippen LogP contribution in [0, 0.1) is 6.92 Å². The molecule has 156 valence electrons. The summed E-state index contributed by atoms with van der Waals surface area (Å²) in [5.74, 6) is 0.0230. The van der Waals surface area contributed by atoms with Gasteiger partial charge in [0.2, 0.25) is 5.13 Å². The number of nitrogens with zero attached hydrogens (tertiary/aromatic N) is 3. The summed E-state index contributed by atoms with van der Waals surface area (Å²) in [5, 5.41) is 10.5. The first kappa shape index (κ1) is 20.7. The predicted molar refractivity (Wildman–Crippen MR) is 124 cm³/mol. The van der Waals surface area contributed by atoms with Crippen molar-refractivity contribution in [1.82, 2.24) is 10.2 Å². The van der Waals surface area contributed by atoms with Gasteiger partial charge in [-0.3, -0.25) is 9.69 Å². The average Bonchev–Trinajstić information content (AvgIpc) is 3.41. The number of carbonyl (C=O) groups excluding carboxylic acids is 1. The van der Waals surface area contributed by atoms with Gasteiger partial charge in [-0.2, -0.15) is 0 Å². The number of amides is 1. The molecule has 0 radical (unpaired) electrons. The minimum Gasteiger partial charge on any atom is -0.279 e. The van der Waals surface area contributed by atoms with Gasteiger partial charge in [-0.15, -0.1) is 10.2 Å². The highest BCUT2D eigenvalue weighted by atomic mass is 32.1. The Balaban J connectivity index is 1.68. The normalized spacial score (nSPS) is 14.8. The summed E-state index contributed by atoms with van der Waals surface area (Å²) in [5.41, 5.74) is 4.24. The molecule has 0 saturated heterocycles. The van der Waals surface area contributed by atoms with Crippen molar-refractivity contribution >= 4 is 22.4 Å². The fraction of sp³-hybridized carbons (Fsp3) is 0.400. The van der Waals surface area contributed by atoms with Gasteiger partial charge >= 0.3 is 0 Å². The molecule has 1 aliphatic rings. The van der Waals surface area contributed by atoms with Gasteiger partial charge in [0.1, 0.15) is 5.01 Å². The molecule has 1 saturated carbocycles. The van der Waals surface area contributed by atoms with Gasteiger partial charge in [0.15, 0.2) is 0 Å². The number of anilines is 1. The zero-order chi connectivity index (χ0) is 21.3. The van der Waals surface area contributed by atoms with E-state index in [-0.39, 0.29) is 17.4 Å².